The second-order valence-electron chi connectivity index (χ2n) is 3.18. The SMILES string of the molecule is Nc1ccccc1SCc1ccncc1. The molecule has 3 heteroatoms. The second kappa shape index (κ2) is 4.84. The largest absolute Gasteiger partial charge is 0.398 e. The zero-order valence-corrected chi connectivity index (χ0v) is 9.08. The topological polar surface area (TPSA) is 38.9 Å². The zero-order valence-electron chi connectivity index (χ0n) is 8.26. The average molecular weight is 216 g/mol. The van der Waals surface area contributed by atoms with Gasteiger partial charge in [0.1, 0.15) is 0 Å². The summed E-state index contributed by atoms with van der Waals surface area (Å²) >= 11 is 1.75. The zero-order chi connectivity index (χ0) is 10.5. The first kappa shape index (κ1) is 10.1. The maximum atomic E-state index is 5.85. The standard InChI is InChI=1S/C12H12N2S/c13-11-3-1-2-4-12(11)15-9-10-5-7-14-8-6-10/h1-8H,9,13H2. The molecule has 2 nitrogen and oxygen atoms in total. The predicted molar refractivity (Wildman–Crippen MR) is 64.7 cm³/mol. The summed E-state index contributed by atoms with van der Waals surface area (Å²) in [7, 11) is 0. The lowest BCUT2D eigenvalue weighted by molar-refractivity contribution is 1.27. The highest BCUT2D eigenvalue weighted by Gasteiger charge is 1.98. The van der Waals surface area contributed by atoms with Gasteiger partial charge in [-0.25, -0.2) is 0 Å². The van der Waals surface area contributed by atoms with Crippen molar-refractivity contribution in [3.8, 4) is 0 Å². The molecule has 0 aliphatic carbocycles. The lowest BCUT2D eigenvalue weighted by Gasteiger charge is -2.04. The van der Waals surface area contributed by atoms with Crippen molar-refractivity contribution in [2.24, 2.45) is 0 Å². The van der Waals surface area contributed by atoms with E-state index in [2.05, 4.69) is 4.98 Å². The van der Waals surface area contributed by atoms with Gasteiger partial charge in [0.05, 0.1) is 0 Å². The minimum Gasteiger partial charge on any atom is -0.398 e. The molecular formula is C12H12N2S. The Morgan fingerprint density at radius 2 is 1.80 bits per heavy atom. The monoisotopic (exact) mass is 216 g/mol. The molecule has 15 heavy (non-hydrogen) atoms. The Bertz CT molecular complexity index is 429. The number of hydrogen-bond donors (Lipinski definition) is 1. The molecule has 76 valence electrons. The number of hydrogen-bond acceptors (Lipinski definition) is 3. The van der Waals surface area contributed by atoms with Crippen LogP contribution in [-0.2, 0) is 5.75 Å². The minimum atomic E-state index is 0.844. The Labute approximate surface area is 93.5 Å². The predicted octanol–water partition coefficient (Wildman–Crippen LogP) is 2.96. The first-order valence-corrected chi connectivity index (χ1v) is 5.71. The maximum absolute atomic E-state index is 5.85. The van der Waals surface area contributed by atoms with Gasteiger partial charge in [0.15, 0.2) is 0 Å². The van der Waals surface area contributed by atoms with Crippen LogP contribution >= 0.6 is 11.8 Å². The highest BCUT2D eigenvalue weighted by atomic mass is 32.2. The van der Waals surface area contributed by atoms with Crippen LogP contribution in [0, 0.1) is 0 Å². The Hall–Kier alpha value is -1.48. The summed E-state index contributed by atoms with van der Waals surface area (Å²) in [6.07, 6.45) is 3.62. The van der Waals surface area contributed by atoms with Crippen LogP contribution < -0.4 is 5.73 Å². The van der Waals surface area contributed by atoms with Crippen molar-refractivity contribution in [3.05, 3.63) is 54.4 Å². The number of aromatic nitrogens is 1. The number of nitrogens with zero attached hydrogens (tertiary/aromatic N) is 1. The summed E-state index contributed by atoms with van der Waals surface area (Å²) in [4.78, 5) is 5.12. The molecule has 0 fully saturated rings. The fourth-order valence-electron chi connectivity index (χ4n) is 1.25. The smallest absolute Gasteiger partial charge is 0.0452 e. The first-order valence-electron chi connectivity index (χ1n) is 4.72. The molecule has 0 aliphatic rings. The third kappa shape index (κ3) is 2.73. The van der Waals surface area contributed by atoms with Gasteiger partial charge in [0.2, 0.25) is 0 Å². The van der Waals surface area contributed by atoms with Crippen LogP contribution in [0.15, 0.2) is 53.7 Å². The Kier molecular flexibility index (Phi) is 3.25. The molecule has 2 N–H and O–H groups in total. The van der Waals surface area contributed by atoms with Crippen molar-refractivity contribution in [3.63, 3.8) is 0 Å². The third-order valence-corrected chi connectivity index (χ3v) is 3.22. The molecule has 0 bridgehead atoms. The molecule has 0 unspecified atom stereocenters. The van der Waals surface area contributed by atoms with E-state index >= 15 is 0 Å². The van der Waals surface area contributed by atoms with Gasteiger partial charge in [0, 0.05) is 28.7 Å². The molecule has 0 aliphatic heterocycles. The number of thioether (sulfide) groups is 1. The van der Waals surface area contributed by atoms with Crippen molar-refractivity contribution in [2.45, 2.75) is 10.6 Å². The molecule has 0 saturated carbocycles. The normalized spacial score (nSPS) is 10.1. The van der Waals surface area contributed by atoms with E-state index in [9.17, 15) is 0 Å². The quantitative estimate of drug-likeness (QED) is 0.633. The fourth-order valence-corrected chi connectivity index (χ4v) is 2.18. The molecule has 2 rings (SSSR count). The number of rotatable bonds is 3. The van der Waals surface area contributed by atoms with Crippen molar-refractivity contribution in [1.82, 2.24) is 4.98 Å². The van der Waals surface area contributed by atoms with Crippen molar-refractivity contribution in [2.75, 3.05) is 5.73 Å². The van der Waals surface area contributed by atoms with Gasteiger partial charge in [-0.15, -0.1) is 11.8 Å². The van der Waals surface area contributed by atoms with Gasteiger partial charge in [-0.3, -0.25) is 4.98 Å². The van der Waals surface area contributed by atoms with Crippen molar-refractivity contribution >= 4 is 17.4 Å². The lowest BCUT2D eigenvalue weighted by Crippen LogP contribution is -1.88. The van der Waals surface area contributed by atoms with Gasteiger partial charge in [0.25, 0.3) is 0 Å². The maximum Gasteiger partial charge on any atom is 0.0452 e. The van der Waals surface area contributed by atoms with Crippen LogP contribution in [0.4, 0.5) is 5.69 Å². The molecule has 0 spiro atoms. The summed E-state index contributed by atoms with van der Waals surface area (Å²) in [6, 6.07) is 12.0. The van der Waals surface area contributed by atoms with Gasteiger partial charge < -0.3 is 5.73 Å². The fraction of sp³-hybridized carbons (Fsp3) is 0.0833. The van der Waals surface area contributed by atoms with Crippen LogP contribution in [0.1, 0.15) is 5.56 Å². The van der Waals surface area contributed by atoms with E-state index in [1.165, 1.54) is 5.56 Å². The number of nitrogen functional groups attached to an aromatic ring is 1. The summed E-state index contributed by atoms with van der Waals surface area (Å²) in [5.41, 5.74) is 7.96. The highest BCUT2D eigenvalue weighted by molar-refractivity contribution is 7.98. The number of benzene rings is 1. The molecule has 2 aromatic rings. The van der Waals surface area contributed by atoms with E-state index in [0.29, 0.717) is 0 Å². The summed E-state index contributed by atoms with van der Waals surface area (Å²) in [5.74, 6) is 0.927. The van der Waals surface area contributed by atoms with Gasteiger partial charge >= 0.3 is 0 Å². The van der Waals surface area contributed by atoms with Crippen molar-refractivity contribution < 1.29 is 0 Å². The molecule has 0 amide bonds. The summed E-state index contributed by atoms with van der Waals surface area (Å²) in [5, 5.41) is 0. The number of anilines is 1. The molecular weight excluding hydrogens is 204 g/mol. The molecule has 1 aromatic carbocycles. The van der Waals surface area contributed by atoms with Gasteiger partial charge in [-0.2, -0.15) is 0 Å². The van der Waals surface area contributed by atoms with Crippen molar-refractivity contribution in [1.29, 1.82) is 0 Å². The van der Waals surface area contributed by atoms with E-state index in [1.807, 2.05) is 48.8 Å². The number of pyridine rings is 1. The lowest BCUT2D eigenvalue weighted by atomic mass is 10.3. The van der Waals surface area contributed by atoms with Crippen LogP contribution in [0.3, 0.4) is 0 Å². The molecule has 1 aromatic heterocycles. The molecule has 0 atom stereocenters. The Balaban J connectivity index is 2.03. The first-order chi connectivity index (χ1) is 7.36. The van der Waals surface area contributed by atoms with E-state index in [4.69, 9.17) is 5.73 Å². The van der Waals surface area contributed by atoms with Crippen LogP contribution in [0.2, 0.25) is 0 Å². The van der Waals surface area contributed by atoms with E-state index in [0.717, 1.165) is 16.3 Å². The van der Waals surface area contributed by atoms with Gasteiger partial charge in [-0.05, 0) is 29.8 Å². The van der Waals surface area contributed by atoms with Crippen LogP contribution in [0.25, 0.3) is 0 Å². The van der Waals surface area contributed by atoms with E-state index in [1.54, 1.807) is 11.8 Å². The average Bonchev–Trinajstić information content (AvgIpc) is 2.29. The molecule has 0 radical (unpaired) electrons. The number of para-hydroxylation sites is 1. The molecule has 0 saturated heterocycles. The number of nitrogens with two attached hydrogens (primary N) is 1. The van der Waals surface area contributed by atoms with Crippen LogP contribution in [0.5, 0.6) is 0 Å². The Morgan fingerprint density at radius 3 is 2.53 bits per heavy atom. The van der Waals surface area contributed by atoms with Gasteiger partial charge in [-0.1, -0.05) is 12.1 Å². The van der Waals surface area contributed by atoms with E-state index < -0.39 is 0 Å². The molecule has 1 heterocycles. The van der Waals surface area contributed by atoms with E-state index in [-0.39, 0.29) is 0 Å². The van der Waals surface area contributed by atoms with Crippen LogP contribution in [-0.4, -0.2) is 4.98 Å². The Morgan fingerprint density at radius 1 is 1.07 bits per heavy atom. The summed E-state index contributed by atoms with van der Waals surface area (Å²) in [6.45, 7) is 0. The minimum absolute atomic E-state index is 0.844. The second-order valence-corrected chi connectivity index (χ2v) is 4.20. The highest BCUT2D eigenvalue weighted by Crippen LogP contribution is 2.27. The third-order valence-electron chi connectivity index (χ3n) is 2.06. The summed E-state index contributed by atoms with van der Waals surface area (Å²) < 4.78 is 0.